The number of rotatable bonds is 8. The fourth-order valence-electron chi connectivity index (χ4n) is 10.6. The summed E-state index contributed by atoms with van der Waals surface area (Å²) in [6.45, 7) is 8.25. The van der Waals surface area contributed by atoms with E-state index in [0.717, 1.165) is 120 Å². The van der Waals surface area contributed by atoms with E-state index >= 15 is 0 Å². The van der Waals surface area contributed by atoms with Crippen molar-refractivity contribution < 1.29 is 19.7 Å². The Balaban J connectivity index is 1.06. The average molecular weight is 921 g/mol. The van der Waals surface area contributed by atoms with Gasteiger partial charge >= 0.3 is 0 Å². The van der Waals surface area contributed by atoms with E-state index < -0.39 is 0 Å². The van der Waals surface area contributed by atoms with Gasteiger partial charge in [-0.1, -0.05) is 54.6 Å². The summed E-state index contributed by atoms with van der Waals surface area (Å²) >= 11 is 3.50. The van der Waals surface area contributed by atoms with Gasteiger partial charge in [-0.15, -0.1) is 22.7 Å². The van der Waals surface area contributed by atoms with Crippen LogP contribution < -0.4 is 9.47 Å². The molecule has 0 aliphatic carbocycles. The van der Waals surface area contributed by atoms with Crippen LogP contribution in [0.15, 0.2) is 170 Å². The fraction of sp³-hybridized carbons (Fsp3) is 0.100. The number of ether oxygens (including phenoxy) is 2. The maximum absolute atomic E-state index is 10.7. The molecule has 0 saturated carbocycles. The Bertz CT molecular complexity index is 3940. The highest BCUT2D eigenvalue weighted by atomic mass is 32.1. The molecule has 0 bridgehead atoms. The van der Waals surface area contributed by atoms with E-state index in [9.17, 15) is 10.2 Å². The van der Waals surface area contributed by atoms with Crippen LogP contribution >= 0.6 is 22.7 Å². The number of hydrogen-bond acceptors (Lipinski definition) is 6. The number of aromatic nitrogens is 2. The first-order valence-corrected chi connectivity index (χ1v) is 24.7. The number of phenolic OH excluding ortho intramolecular Hbond substituents is 2. The Morgan fingerprint density at radius 2 is 0.779 bits per heavy atom. The van der Waals surface area contributed by atoms with Crippen LogP contribution in [-0.2, 0) is 0 Å². The SMILES string of the molecule is CC(C)Oc1ccc2c(c1)c1c(-c3cccc4sc5ccc(O)cc5c34)cccc1n2-c1cccc(-n2c3ccc(OC(C)C)cc3c3c(-c4cccc5sc6ccc(O)cc6c45)cccc32)c1. The van der Waals surface area contributed by atoms with Gasteiger partial charge in [-0.25, -0.2) is 0 Å². The largest absolute Gasteiger partial charge is 0.508 e. The first-order valence-electron chi connectivity index (χ1n) is 23.0. The van der Waals surface area contributed by atoms with E-state index in [1.54, 1.807) is 34.8 Å². The summed E-state index contributed by atoms with van der Waals surface area (Å²) in [6.07, 6.45) is 0.0300. The quantitative estimate of drug-likeness (QED) is 0.159. The van der Waals surface area contributed by atoms with Gasteiger partial charge in [-0.05, 0) is 165 Å². The van der Waals surface area contributed by atoms with E-state index in [1.165, 1.54) is 9.40 Å². The second-order valence-electron chi connectivity index (χ2n) is 18.2. The van der Waals surface area contributed by atoms with E-state index in [1.807, 2.05) is 24.3 Å². The Morgan fingerprint density at radius 1 is 0.368 bits per heavy atom. The van der Waals surface area contributed by atoms with Crippen LogP contribution in [0.3, 0.4) is 0 Å². The molecule has 0 unspecified atom stereocenters. The zero-order valence-electron chi connectivity index (χ0n) is 37.7. The van der Waals surface area contributed by atoms with Gasteiger partial charge in [-0.2, -0.15) is 0 Å². The van der Waals surface area contributed by atoms with Crippen LogP contribution in [0.5, 0.6) is 23.0 Å². The molecule has 330 valence electrons. The van der Waals surface area contributed by atoms with Gasteiger partial charge in [0.15, 0.2) is 0 Å². The highest BCUT2D eigenvalue weighted by Crippen LogP contribution is 2.48. The number of fused-ring (bicyclic) bond motifs is 12. The van der Waals surface area contributed by atoms with Crippen molar-refractivity contribution in [2.24, 2.45) is 0 Å². The zero-order chi connectivity index (χ0) is 45.9. The summed E-state index contributed by atoms with van der Waals surface area (Å²) < 4.78 is 22.2. The smallest absolute Gasteiger partial charge is 0.120 e. The van der Waals surface area contributed by atoms with Gasteiger partial charge in [-0.3, -0.25) is 0 Å². The number of hydrogen-bond donors (Lipinski definition) is 2. The second-order valence-corrected chi connectivity index (χ2v) is 20.4. The van der Waals surface area contributed by atoms with Crippen molar-refractivity contribution in [3.05, 3.63) is 170 Å². The Kier molecular flexibility index (Phi) is 9.16. The monoisotopic (exact) mass is 920 g/mol. The Morgan fingerprint density at radius 3 is 1.22 bits per heavy atom. The third kappa shape index (κ3) is 6.28. The van der Waals surface area contributed by atoms with E-state index in [0.29, 0.717) is 0 Å². The molecule has 0 atom stereocenters. The summed E-state index contributed by atoms with van der Waals surface area (Å²) in [5.41, 5.74) is 10.9. The summed E-state index contributed by atoms with van der Waals surface area (Å²) in [5.74, 6) is 2.17. The second kappa shape index (κ2) is 15.4. The van der Waals surface area contributed by atoms with Gasteiger partial charge in [0.1, 0.15) is 23.0 Å². The number of aromatic hydroxyl groups is 2. The van der Waals surface area contributed by atoms with Crippen LogP contribution in [0.2, 0.25) is 0 Å². The lowest BCUT2D eigenvalue weighted by molar-refractivity contribution is 0.242. The normalized spacial score (nSPS) is 12.2. The number of phenols is 2. The van der Waals surface area contributed by atoms with Crippen molar-refractivity contribution >= 4 is 107 Å². The van der Waals surface area contributed by atoms with Gasteiger partial charge in [0.25, 0.3) is 0 Å². The van der Waals surface area contributed by atoms with Crippen LogP contribution in [0, 0.1) is 0 Å². The summed E-state index contributed by atoms with van der Waals surface area (Å²) in [7, 11) is 0. The van der Waals surface area contributed by atoms with Gasteiger partial charge in [0, 0.05) is 73.3 Å². The van der Waals surface area contributed by atoms with Crippen LogP contribution in [0.1, 0.15) is 27.7 Å². The molecule has 68 heavy (non-hydrogen) atoms. The molecule has 0 aliphatic rings. The van der Waals surface area contributed by atoms with E-state index in [-0.39, 0.29) is 23.7 Å². The molecule has 0 spiro atoms. The maximum atomic E-state index is 10.7. The molecule has 0 aliphatic heterocycles. The van der Waals surface area contributed by atoms with Crippen molar-refractivity contribution in [3.63, 3.8) is 0 Å². The van der Waals surface area contributed by atoms with Crippen LogP contribution in [0.4, 0.5) is 0 Å². The Labute approximate surface area is 399 Å². The molecular formula is C60H44N2O4S2. The topological polar surface area (TPSA) is 68.8 Å². The summed E-state index contributed by atoms with van der Waals surface area (Å²) in [4.78, 5) is 0. The molecule has 4 heterocycles. The lowest BCUT2D eigenvalue weighted by atomic mass is 9.95. The predicted octanol–water partition coefficient (Wildman–Crippen LogP) is 16.9. The van der Waals surface area contributed by atoms with E-state index in [2.05, 4.69) is 170 Å². The maximum Gasteiger partial charge on any atom is 0.120 e. The third-order valence-corrected chi connectivity index (χ3v) is 15.4. The van der Waals surface area contributed by atoms with Crippen LogP contribution in [-0.4, -0.2) is 31.6 Å². The van der Waals surface area contributed by atoms with Crippen molar-refractivity contribution in [3.8, 4) is 56.6 Å². The van der Waals surface area contributed by atoms with Crippen molar-refractivity contribution in [2.75, 3.05) is 0 Å². The molecule has 0 radical (unpaired) electrons. The summed E-state index contributed by atoms with van der Waals surface area (Å²) in [5, 5.41) is 30.2. The van der Waals surface area contributed by atoms with Gasteiger partial charge in [0.2, 0.25) is 0 Å². The fourth-order valence-corrected chi connectivity index (χ4v) is 12.9. The van der Waals surface area contributed by atoms with Crippen molar-refractivity contribution in [1.82, 2.24) is 9.13 Å². The average Bonchev–Trinajstić information content (AvgIpc) is 4.08. The summed E-state index contributed by atoms with van der Waals surface area (Å²) in [6, 6.07) is 59.5. The number of benzene rings is 9. The predicted molar refractivity (Wildman–Crippen MR) is 287 cm³/mol. The standard InChI is InChI=1S/C60H44N2O4S2/c1-33(2)65-39-22-24-49-45(31-39)57-41(43-14-8-18-55-59(43)47-29-37(63)20-26-53(47)67-55)12-6-16-51(57)61(49)35-10-5-11-36(28-35)62-50-25-23-40(66-34(3)4)32-46(50)58-42(13-7-17-52(58)62)44-15-9-19-56-60(44)48-30-38(64)21-27-54(48)68-56/h5-34,63-64H,1-4H3. The molecule has 13 rings (SSSR count). The minimum Gasteiger partial charge on any atom is -0.508 e. The molecule has 13 aromatic rings. The van der Waals surface area contributed by atoms with E-state index in [4.69, 9.17) is 9.47 Å². The molecule has 6 nitrogen and oxygen atoms in total. The number of nitrogens with zero attached hydrogens (tertiary/aromatic N) is 2. The lowest BCUT2D eigenvalue weighted by Gasteiger charge is -2.14. The first-order chi connectivity index (χ1) is 33.2. The molecular weight excluding hydrogens is 877 g/mol. The molecule has 2 N–H and O–H groups in total. The molecule has 4 aromatic heterocycles. The molecule has 8 heteroatoms. The minimum absolute atomic E-state index is 0.0150. The molecule has 0 saturated heterocycles. The Hall–Kier alpha value is -7.78. The highest BCUT2D eigenvalue weighted by molar-refractivity contribution is 7.26. The highest BCUT2D eigenvalue weighted by Gasteiger charge is 2.23. The number of thiophene rings is 2. The third-order valence-electron chi connectivity index (χ3n) is 13.2. The minimum atomic E-state index is 0.0150. The molecule has 9 aromatic carbocycles. The first kappa shape index (κ1) is 40.5. The molecule has 0 amide bonds. The molecule has 0 fully saturated rings. The van der Waals surface area contributed by atoms with Crippen LogP contribution in [0.25, 0.3) is 118 Å². The lowest BCUT2D eigenvalue weighted by Crippen LogP contribution is -2.05. The van der Waals surface area contributed by atoms with Crippen molar-refractivity contribution in [1.29, 1.82) is 0 Å². The van der Waals surface area contributed by atoms with Gasteiger partial charge < -0.3 is 28.8 Å². The van der Waals surface area contributed by atoms with Gasteiger partial charge in [0.05, 0.1) is 34.3 Å². The zero-order valence-corrected chi connectivity index (χ0v) is 39.4. The van der Waals surface area contributed by atoms with Crippen molar-refractivity contribution in [2.45, 2.75) is 39.9 Å².